The normalized spacial score (nSPS) is 10.5. The maximum atomic E-state index is 12.0. The first-order chi connectivity index (χ1) is 8.99. The topological polar surface area (TPSA) is 55.1 Å². The standard InChI is InChI=1S/C13H12Cl2N2O2/c1-7-9(8(2)19-17-7)6-12(18)16-11-5-3-4-10(14)13(11)15/h3-5H,6H2,1-2H3,(H,16,18). The third kappa shape index (κ3) is 3.08. The number of amides is 1. The van der Waals surface area contributed by atoms with Crippen LogP contribution in [-0.4, -0.2) is 11.1 Å². The van der Waals surface area contributed by atoms with E-state index >= 15 is 0 Å². The summed E-state index contributed by atoms with van der Waals surface area (Å²) in [5, 5.41) is 7.25. The molecule has 0 atom stereocenters. The van der Waals surface area contributed by atoms with Gasteiger partial charge < -0.3 is 9.84 Å². The molecule has 0 bridgehead atoms. The summed E-state index contributed by atoms with van der Waals surface area (Å²) < 4.78 is 5.01. The molecule has 1 amide bonds. The van der Waals surface area contributed by atoms with Crippen LogP contribution in [0.25, 0.3) is 0 Å². The molecule has 19 heavy (non-hydrogen) atoms. The first-order valence-corrected chi connectivity index (χ1v) is 6.40. The summed E-state index contributed by atoms with van der Waals surface area (Å²) in [7, 11) is 0. The fraction of sp³-hybridized carbons (Fsp3) is 0.231. The average Bonchev–Trinajstić information content (AvgIpc) is 2.67. The molecule has 0 saturated carbocycles. The highest BCUT2D eigenvalue weighted by Crippen LogP contribution is 2.29. The average molecular weight is 299 g/mol. The zero-order chi connectivity index (χ0) is 14.0. The number of hydrogen-bond acceptors (Lipinski definition) is 3. The number of benzene rings is 1. The van der Waals surface area contributed by atoms with Gasteiger partial charge in [-0.15, -0.1) is 0 Å². The Morgan fingerprint density at radius 1 is 1.37 bits per heavy atom. The molecule has 0 aliphatic carbocycles. The van der Waals surface area contributed by atoms with E-state index in [1.807, 2.05) is 0 Å². The van der Waals surface area contributed by atoms with Crippen LogP contribution in [0.15, 0.2) is 22.7 Å². The molecule has 0 spiro atoms. The Morgan fingerprint density at radius 3 is 2.74 bits per heavy atom. The van der Waals surface area contributed by atoms with Crippen molar-refractivity contribution in [3.63, 3.8) is 0 Å². The van der Waals surface area contributed by atoms with Gasteiger partial charge in [-0.05, 0) is 26.0 Å². The molecule has 1 aromatic carbocycles. The maximum absolute atomic E-state index is 12.0. The lowest BCUT2D eigenvalue weighted by Gasteiger charge is -2.07. The second kappa shape index (κ2) is 5.63. The molecule has 0 radical (unpaired) electrons. The molecular weight excluding hydrogens is 287 g/mol. The SMILES string of the molecule is Cc1noc(C)c1CC(=O)Nc1cccc(Cl)c1Cl. The van der Waals surface area contributed by atoms with E-state index in [-0.39, 0.29) is 12.3 Å². The van der Waals surface area contributed by atoms with Crippen molar-refractivity contribution in [3.8, 4) is 0 Å². The van der Waals surface area contributed by atoms with E-state index in [1.165, 1.54) is 0 Å². The van der Waals surface area contributed by atoms with Gasteiger partial charge in [0.15, 0.2) is 0 Å². The monoisotopic (exact) mass is 298 g/mol. The second-order valence-electron chi connectivity index (χ2n) is 4.13. The van der Waals surface area contributed by atoms with Crippen molar-refractivity contribution in [2.75, 3.05) is 5.32 Å². The number of halogens is 2. The van der Waals surface area contributed by atoms with Crippen molar-refractivity contribution in [2.45, 2.75) is 20.3 Å². The molecule has 0 fully saturated rings. The van der Waals surface area contributed by atoms with Crippen molar-refractivity contribution in [1.82, 2.24) is 5.16 Å². The van der Waals surface area contributed by atoms with E-state index in [0.717, 1.165) is 5.56 Å². The molecule has 6 heteroatoms. The Balaban J connectivity index is 2.12. The molecule has 1 N–H and O–H groups in total. The quantitative estimate of drug-likeness (QED) is 0.938. The van der Waals surface area contributed by atoms with Crippen molar-refractivity contribution >= 4 is 34.8 Å². The number of aryl methyl sites for hydroxylation is 2. The van der Waals surface area contributed by atoms with Crippen molar-refractivity contribution < 1.29 is 9.32 Å². The third-order valence-corrected chi connectivity index (χ3v) is 3.56. The largest absolute Gasteiger partial charge is 0.361 e. The van der Waals surface area contributed by atoms with Gasteiger partial charge in [0.1, 0.15) is 5.76 Å². The number of hydrogen-bond donors (Lipinski definition) is 1. The van der Waals surface area contributed by atoms with Crippen molar-refractivity contribution in [3.05, 3.63) is 45.3 Å². The van der Waals surface area contributed by atoms with Crippen LogP contribution in [0.3, 0.4) is 0 Å². The highest BCUT2D eigenvalue weighted by atomic mass is 35.5. The zero-order valence-electron chi connectivity index (χ0n) is 10.5. The first kappa shape index (κ1) is 13.9. The highest BCUT2D eigenvalue weighted by Gasteiger charge is 2.14. The molecule has 2 aromatic rings. The number of nitrogens with zero attached hydrogens (tertiary/aromatic N) is 1. The van der Waals surface area contributed by atoms with Gasteiger partial charge in [-0.2, -0.15) is 0 Å². The molecule has 0 unspecified atom stereocenters. The molecule has 4 nitrogen and oxygen atoms in total. The van der Waals surface area contributed by atoms with Gasteiger partial charge in [-0.1, -0.05) is 34.4 Å². The lowest BCUT2D eigenvalue weighted by molar-refractivity contribution is -0.115. The van der Waals surface area contributed by atoms with Crippen molar-refractivity contribution in [1.29, 1.82) is 0 Å². The van der Waals surface area contributed by atoms with Crippen LogP contribution in [0.5, 0.6) is 0 Å². The minimum absolute atomic E-state index is 0.185. The van der Waals surface area contributed by atoms with E-state index < -0.39 is 0 Å². The van der Waals surface area contributed by atoms with Gasteiger partial charge in [-0.3, -0.25) is 4.79 Å². The fourth-order valence-corrected chi connectivity index (χ4v) is 2.06. The summed E-state index contributed by atoms with van der Waals surface area (Å²) >= 11 is 11.9. The minimum Gasteiger partial charge on any atom is -0.361 e. The Labute approximate surface area is 120 Å². The molecule has 0 saturated heterocycles. The van der Waals surface area contributed by atoms with Crippen LogP contribution < -0.4 is 5.32 Å². The molecule has 2 rings (SSSR count). The van der Waals surface area contributed by atoms with Gasteiger partial charge in [-0.25, -0.2) is 0 Å². The Hall–Kier alpha value is -1.52. The Bertz CT molecular complexity index is 604. The number of nitrogens with one attached hydrogen (secondary N) is 1. The summed E-state index contributed by atoms with van der Waals surface area (Å²) in [6.07, 6.45) is 0.185. The van der Waals surface area contributed by atoms with Crippen LogP contribution in [-0.2, 0) is 11.2 Å². The summed E-state index contributed by atoms with van der Waals surface area (Å²) in [4.78, 5) is 12.0. The third-order valence-electron chi connectivity index (χ3n) is 2.74. The molecule has 100 valence electrons. The van der Waals surface area contributed by atoms with Crippen LogP contribution in [0.2, 0.25) is 10.0 Å². The molecular formula is C13H12Cl2N2O2. The van der Waals surface area contributed by atoms with Crippen LogP contribution in [0, 0.1) is 13.8 Å². The van der Waals surface area contributed by atoms with E-state index in [9.17, 15) is 4.79 Å². The molecule has 0 aliphatic rings. The summed E-state index contributed by atoms with van der Waals surface area (Å²) in [6, 6.07) is 5.08. The number of carbonyl (C=O) groups is 1. The van der Waals surface area contributed by atoms with E-state index in [1.54, 1.807) is 32.0 Å². The lowest BCUT2D eigenvalue weighted by Crippen LogP contribution is -2.15. The molecule has 1 heterocycles. The van der Waals surface area contributed by atoms with Crippen LogP contribution >= 0.6 is 23.2 Å². The van der Waals surface area contributed by atoms with E-state index in [2.05, 4.69) is 10.5 Å². The Morgan fingerprint density at radius 2 is 2.11 bits per heavy atom. The van der Waals surface area contributed by atoms with Gasteiger partial charge >= 0.3 is 0 Å². The smallest absolute Gasteiger partial charge is 0.229 e. The van der Waals surface area contributed by atoms with E-state index in [4.69, 9.17) is 27.7 Å². The predicted octanol–water partition coefficient (Wildman–Crippen LogP) is 3.78. The number of rotatable bonds is 3. The summed E-state index contributed by atoms with van der Waals surface area (Å²) in [5.41, 5.74) is 1.99. The van der Waals surface area contributed by atoms with Gasteiger partial charge in [0, 0.05) is 5.56 Å². The van der Waals surface area contributed by atoms with Gasteiger partial charge in [0.25, 0.3) is 0 Å². The van der Waals surface area contributed by atoms with Crippen LogP contribution in [0.4, 0.5) is 5.69 Å². The minimum atomic E-state index is -0.196. The lowest BCUT2D eigenvalue weighted by atomic mass is 10.1. The van der Waals surface area contributed by atoms with Crippen molar-refractivity contribution in [2.24, 2.45) is 0 Å². The Kier molecular flexibility index (Phi) is 4.12. The number of anilines is 1. The first-order valence-electron chi connectivity index (χ1n) is 5.64. The molecule has 1 aromatic heterocycles. The van der Waals surface area contributed by atoms with Gasteiger partial charge in [0.2, 0.25) is 5.91 Å². The number of carbonyl (C=O) groups excluding carboxylic acids is 1. The maximum Gasteiger partial charge on any atom is 0.229 e. The van der Waals surface area contributed by atoms with Crippen LogP contribution in [0.1, 0.15) is 17.0 Å². The summed E-state index contributed by atoms with van der Waals surface area (Å²) in [6.45, 7) is 3.57. The van der Waals surface area contributed by atoms with Gasteiger partial charge in [0.05, 0.1) is 27.8 Å². The zero-order valence-corrected chi connectivity index (χ0v) is 12.0. The predicted molar refractivity (Wildman–Crippen MR) is 74.8 cm³/mol. The summed E-state index contributed by atoms with van der Waals surface area (Å²) in [5.74, 6) is 0.448. The van der Waals surface area contributed by atoms with E-state index in [0.29, 0.717) is 27.2 Å². The highest BCUT2D eigenvalue weighted by molar-refractivity contribution is 6.43. The number of aromatic nitrogens is 1. The molecule has 0 aliphatic heterocycles. The second-order valence-corrected chi connectivity index (χ2v) is 4.91. The fourth-order valence-electron chi connectivity index (χ4n) is 1.71.